The van der Waals surface area contributed by atoms with Crippen LogP contribution in [0, 0.1) is 0 Å². The van der Waals surface area contributed by atoms with Gasteiger partial charge in [-0.2, -0.15) is 0 Å². The van der Waals surface area contributed by atoms with E-state index in [2.05, 4.69) is 28.6 Å². The molecular weight excluding hydrogens is 322 g/mol. The zero-order valence-electron chi connectivity index (χ0n) is 14.1. The Morgan fingerprint density at radius 3 is 2.71 bits per heavy atom. The smallest absolute Gasteiger partial charge is 0.245 e. The Labute approximate surface area is 147 Å². The average molecular weight is 344 g/mol. The normalized spacial score (nSPS) is 29.7. The maximum Gasteiger partial charge on any atom is 0.245 e. The Hall–Kier alpha value is -1.52. The fourth-order valence-corrected chi connectivity index (χ4v) is 5.35. The SMILES string of the molecule is CN1CCC(n2c3c(c4cc(Cl)ccc42)C2CCC(C3)N2C)C1=O. The third-order valence-electron chi connectivity index (χ3n) is 6.42. The van der Waals surface area contributed by atoms with Crippen molar-refractivity contribution in [2.45, 2.75) is 43.8 Å². The standard InChI is InChI=1S/C19H22ClN3O/c1-21-8-7-16(19(21)24)23-14-5-3-11(20)9-13(14)18-15-6-4-12(22(15)2)10-17(18)23/h3,5,9,12,15-16H,4,6-8,10H2,1-2H3. The third-order valence-corrected chi connectivity index (χ3v) is 6.66. The Balaban J connectivity index is 1.79. The van der Waals surface area contributed by atoms with Gasteiger partial charge in [-0.3, -0.25) is 9.69 Å². The molecule has 2 aromatic rings. The van der Waals surface area contributed by atoms with Crippen LogP contribution < -0.4 is 0 Å². The molecule has 3 unspecified atom stereocenters. The van der Waals surface area contributed by atoms with Crippen LogP contribution >= 0.6 is 11.6 Å². The van der Waals surface area contributed by atoms with E-state index in [0.717, 1.165) is 24.4 Å². The topological polar surface area (TPSA) is 28.5 Å². The molecule has 5 heteroatoms. The molecule has 0 saturated carbocycles. The molecule has 1 aromatic heterocycles. The fraction of sp³-hybridized carbons (Fsp3) is 0.526. The van der Waals surface area contributed by atoms with Crippen molar-refractivity contribution in [3.05, 3.63) is 34.5 Å². The fourth-order valence-electron chi connectivity index (χ4n) is 5.17. The van der Waals surface area contributed by atoms with Crippen LogP contribution in [-0.2, 0) is 11.2 Å². The van der Waals surface area contributed by atoms with Gasteiger partial charge in [0.1, 0.15) is 6.04 Å². The first kappa shape index (κ1) is 14.8. The van der Waals surface area contributed by atoms with Crippen molar-refractivity contribution in [1.29, 1.82) is 0 Å². The maximum atomic E-state index is 12.7. The van der Waals surface area contributed by atoms with E-state index in [4.69, 9.17) is 11.6 Å². The molecular formula is C19H22ClN3O. The molecule has 3 aliphatic rings. The minimum absolute atomic E-state index is 0.0507. The molecule has 24 heavy (non-hydrogen) atoms. The molecule has 4 nitrogen and oxygen atoms in total. The number of fused-ring (bicyclic) bond motifs is 6. The molecule has 0 radical (unpaired) electrons. The summed E-state index contributed by atoms with van der Waals surface area (Å²) in [5.41, 5.74) is 3.98. The van der Waals surface area contributed by atoms with Gasteiger partial charge in [-0.25, -0.2) is 0 Å². The molecule has 0 N–H and O–H groups in total. The van der Waals surface area contributed by atoms with Crippen molar-refractivity contribution in [3.63, 3.8) is 0 Å². The van der Waals surface area contributed by atoms with Crippen LogP contribution in [0.25, 0.3) is 10.9 Å². The summed E-state index contributed by atoms with van der Waals surface area (Å²) in [7, 11) is 4.16. The van der Waals surface area contributed by atoms with E-state index >= 15 is 0 Å². The number of carbonyl (C=O) groups is 1. The Bertz CT molecular complexity index is 858. The van der Waals surface area contributed by atoms with E-state index in [1.54, 1.807) is 0 Å². The number of aromatic nitrogens is 1. The monoisotopic (exact) mass is 343 g/mol. The van der Waals surface area contributed by atoms with E-state index < -0.39 is 0 Å². The minimum Gasteiger partial charge on any atom is -0.344 e. The van der Waals surface area contributed by atoms with Gasteiger partial charge in [-0.05, 0) is 50.1 Å². The van der Waals surface area contributed by atoms with Crippen molar-refractivity contribution >= 4 is 28.4 Å². The highest BCUT2D eigenvalue weighted by molar-refractivity contribution is 6.31. The number of halogens is 1. The van der Waals surface area contributed by atoms with Gasteiger partial charge in [0.05, 0.1) is 0 Å². The summed E-state index contributed by atoms with van der Waals surface area (Å²) < 4.78 is 2.35. The molecule has 0 spiro atoms. The van der Waals surface area contributed by atoms with Crippen LogP contribution in [0.5, 0.6) is 0 Å². The Morgan fingerprint density at radius 2 is 1.96 bits per heavy atom. The number of likely N-dealkylation sites (N-methyl/N-ethyl adjacent to an activating group) is 2. The van der Waals surface area contributed by atoms with Crippen molar-refractivity contribution in [3.8, 4) is 0 Å². The molecule has 0 aliphatic carbocycles. The minimum atomic E-state index is -0.0507. The number of likely N-dealkylation sites (tertiary alicyclic amines) is 1. The van der Waals surface area contributed by atoms with Crippen molar-refractivity contribution in [2.75, 3.05) is 20.6 Å². The number of nitrogens with zero attached hydrogens (tertiary/aromatic N) is 3. The van der Waals surface area contributed by atoms with E-state index in [0.29, 0.717) is 12.1 Å². The summed E-state index contributed by atoms with van der Waals surface area (Å²) in [5, 5.41) is 2.03. The lowest BCUT2D eigenvalue weighted by atomic mass is 9.97. The van der Waals surface area contributed by atoms with E-state index in [-0.39, 0.29) is 11.9 Å². The molecule has 2 fully saturated rings. The highest BCUT2D eigenvalue weighted by atomic mass is 35.5. The van der Waals surface area contributed by atoms with E-state index in [1.807, 2.05) is 18.0 Å². The highest BCUT2D eigenvalue weighted by Gasteiger charge is 2.43. The van der Waals surface area contributed by atoms with Crippen LogP contribution in [0.15, 0.2) is 18.2 Å². The van der Waals surface area contributed by atoms with Crippen LogP contribution in [-0.4, -0.2) is 47.0 Å². The highest BCUT2D eigenvalue weighted by Crippen LogP contribution is 2.48. The summed E-state index contributed by atoms with van der Waals surface area (Å²) in [6.45, 7) is 0.846. The van der Waals surface area contributed by atoms with Crippen molar-refractivity contribution in [1.82, 2.24) is 14.4 Å². The van der Waals surface area contributed by atoms with Gasteiger partial charge in [0.15, 0.2) is 0 Å². The first-order chi connectivity index (χ1) is 11.6. The number of carbonyl (C=O) groups excluding carboxylic acids is 1. The van der Waals surface area contributed by atoms with Gasteiger partial charge in [-0.15, -0.1) is 0 Å². The van der Waals surface area contributed by atoms with E-state index in [9.17, 15) is 4.79 Å². The zero-order chi connectivity index (χ0) is 16.6. The summed E-state index contributed by atoms with van der Waals surface area (Å²) in [5.74, 6) is 0.246. The van der Waals surface area contributed by atoms with Crippen LogP contribution in [0.4, 0.5) is 0 Å². The molecule has 5 rings (SSSR count). The summed E-state index contributed by atoms with van der Waals surface area (Å²) >= 11 is 6.32. The van der Waals surface area contributed by atoms with Crippen LogP contribution in [0.1, 0.15) is 42.6 Å². The lowest BCUT2D eigenvalue weighted by Crippen LogP contribution is -2.35. The van der Waals surface area contributed by atoms with Gasteiger partial charge in [0.2, 0.25) is 5.91 Å². The van der Waals surface area contributed by atoms with Crippen LogP contribution in [0.2, 0.25) is 5.02 Å². The quantitative estimate of drug-likeness (QED) is 0.794. The zero-order valence-corrected chi connectivity index (χ0v) is 14.9. The predicted octanol–water partition coefficient (Wildman–Crippen LogP) is 3.39. The molecule has 126 valence electrons. The number of hydrogen-bond donors (Lipinski definition) is 0. The molecule has 4 heterocycles. The average Bonchev–Trinajstić information content (AvgIpc) is 3.11. The Morgan fingerprint density at radius 1 is 1.12 bits per heavy atom. The van der Waals surface area contributed by atoms with Gasteiger partial charge in [0.25, 0.3) is 0 Å². The van der Waals surface area contributed by atoms with Gasteiger partial charge < -0.3 is 9.47 Å². The first-order valence-electron chi connectivity index (χ1n) is 8.85. The second-order valence-electron chi connectivity index (χ2n) is 7.57. The van der Waals surface area contributed by atoms with E-state index in [1.165, 1.54) is 35.0 Å². The van der Waals surface area contributed by atoms with Gasteiger partial charge in [0, 0.05) is 53.7 Å². The maximum absolute atomic E-state index is 12.7. The molecule has 3 aliphatic heterocycles. The number of benzene rings is 1. The van der Waals surface area contributed by atoms with Crippen molar-refractivity contribution < 1.29 is 4.79 Å². The summed E-state index contributed by atoms with van der Waals surface area (Å²) in [6.07, 6.45) is 4.40. The lowest BCUT2D eigenvalue weighted by Gasteiger charge is -2.33. The second kappa shape index (κ2) is 4.99. The molecule has 3 atom stereocenters. The van der Waals surface area contributed by atoms with Gasteiger partial charge >= 0.3 is 0 Å². The summed E-state index contributed by atoms with van der Waals surface area (Å²) in [4.78, 5) is 17.1. The first-order valence-corrected chi connectivity index (χ1v) is 9.23. The Kier molecular flexibility index (Phi) is 3.08. The third kappa shape index (κ3) is 1.81. The predicted molar refractivity (Wildman–Crippen MR) is 95.5 cm³/mol. The van der Waals surface area contributed by atoms with Crippen molar-refractivity contribution in [2.24, 2.45) is 0 Å². The molecule has 1 aromatic carbocycles. The molecule has 2 saturated heterocycles. The second-order valence-corrected chi connectivity index (χ2v) is 8.01. The number of rotatable bonds is 1. The van der Waals surface area contributed by atoms with Gasteiger partial charge in [-0.1, -0.05) is 11.6 Å². The largest absolute Gasteiger partial charge is 0.344 e. The lowest BCUT2D eigenvalue weighted by molar-refractivity contribution is -0.129. The number of amides is 1. The van der Waals surface area contributed by atoms with Crippen LogP contribution in [0.3, 0.4) is 0 Å². The number of hydrogen-bond acceptors (Lipinski definition) is 2. The molecule has 2 bridgehead atoms. The molecule has 1 amide bonds. The summed E-state index contributed by atoms with van der Waals surface area (Å²) in [6, 6.07) is 7.18.